The summed E-state index contributed by atoms with van der Waals surface area (Å²) in [5.74, 6) is -5.86. The largest absolute Gasteiger partial charge is 0.350 e. The average Bonchev–Trinajstić information content (AvgIpc) is 3.07. The molecule has 0 bridgehead atoms. The summed E-state index contributed by atoms with van der Waals surface area (Å²) in [6.45, 7) is 1.50. The molecule has 0 radical (unpaired) electrons. The molecule has 172 valence electrons. The molecule has 1 aliphatic carbocycles. The van der Waals surface area contributed by atoms with Gasteiger partial charge in [-0.15, -0.1) is 0 Å². The lowest BCUT2D eigenvalue weighted by Crippen LogP contribution is -2.44. The van der Waals surface area contributed by atoms with Crippen LogP contribution in [0.1, 0.15) is 51.9 Å². The van der Waals surface area contributed by atoms with Gasteiger partial charge in [0.05, 0.1) is 12.5 Å². The number of ketones is 2. The van der Waals surface area contributed by atoms with Gasteiger partial charge >= 0.3 is 5.92 Å². The van der Waals surface area contributed by atoms with Gasteiger partial charge < -0.3 is 10.2 Å². The first-order chi connectivity index (χ1) is 15.6. The van der Waals surface area contributed by atoms with E-state index in [1.807, 2.05) is 0 Å². The first kappa shape index (κ1) is 23.0. The van der Waals surface area contributed by atoms with Crippen molar-refractivity contribution in [3.8, 4) is 0 Å². The van der Waals surface area contributed by atoms with E-state index in [-0.39, 0.29) is 49.0 Å². The van der Waals surface area contributed by atoms with Gasteiger partial charge in [0.2, 0.25) is 0 Å². The second-order valence-corrected chi connectivity index (χ2v) is 8.81. The van der Waals surface area contributed by atoms with Gasteiger partial charge in [-0.25, -0.2) is 0 Å². The monoisotopic (exact) mass is 474 g/mol. The van der Waals surface area contributed by atoms with Crippen molar-refractivity contribution in [2.75, 3.05) is 0 Å². The van der Waals surface area contributed by atoms with E-state index in [4.69, 9.17) is 11.6 Å². The standard InChI is InChI=1S/C24H21ClF2N2O4/c1-13-8-16(25)3-6-19(13)24(26,27)23(33)28-11-14-2-5-18-15(9-14)12-29(22(18)32)20-7-4-17(30)10-21(20)31/h2-3,5-6,8-9,20H,4,7,10-12H2,1H3,(H,28,33). The fourth-order valence-corrected chi connectivity index (χ4v) is 4.57. The Morgan fingerprint density at radius 2 is 1.94 bits per heavy atom. The molecule has 1 N–H and O–H groups in total. The van der Waals surface area contributed by atoms with Crippen molar-refractivity contribution in [3.63, 3.8) is 0 Å². The Labute approximate surface area is 193 Å². The zero-order chi connectivity index (χ0) is 23.9. The number of hydrogen-bond acceptors (Lipinski definition) is 4. The Bertz CT molecular complexity index is 1180. The Hall–Kier alpha value is -3.13. The maximum atomic E-state index is 14.7. The fraction of sp³-hybridized carbons (Fsp3) is 0.333. The molecule has 4 rings (SSSR count). The van der Waals surface area contributed by atoms with Gasteiger partial charge in [-0.1, -0.05) is 29.8 Å². The third-order valence-corrected chi connectivity index (χ3v) is 6.32. The molecule has 1 aliphatic heterocycles. The number of benzene rings is 2. The number of halogens is 3. The smallest absolute Gasteiger partial charge is 0.346 e. The molecule has 0 saturated heterocycles. The second-order valence-electron chi connectivity index (χ2n) is 8.38. The van der Waals surface area contributed by atoms with Gasteiger partial charge in [0, 0.05) is 35.7 Å². The molecule has 6 nitrogen and oxygen atoms in total. The highest BCUT2D eigenvalue weighted by Crippen LogP contribution is 2.33. The molecule has 33 heavy (non-hydrogen) atoms. The molecule has 1 saturated carbocycles. The third-order valence-electron chi connectivity index (χ3n) is 6.08. The van der Waals surface area contributed by atoms with E-state index in [0.717, 1.165) is 6.07 Å². The van der Waals surface area contributed by atoms with Crippen LogP contribution < -0.4 is 5.32 Å². The number of Topliss-reactive ketones (excluding diaryl/α,β-unsaturated/α-hetero) is 2. The molecule has 1 heterocycles. The number of rotatable bonds is 5. The minimum Gasteiger partial charge on any atom is -0.346 e. The average molecular weight is 475 g/mol. The van der Waals surface area contributed by atoms with Crippen LogP contribution in [0.25, 0.3) is 0 Å². The summed E-state index contributed by atoms with van der Waals surface area (Å²) in [4.78, 5) is 50.2. The van der Waals surface area contributed by atoms with Crippen molar-refractivity contribution < 1.29 is 28.0 Å². The van der Waals surface area contributed by atoms with E-state index in [9.17, 15) is 28.0 Å². The summed E-state index contributed by atoms with van der Waals surface area (Å²) in [5, 5.41) is 2.56. The summed E-state index contributed by atoms with van der Waals surface area (Å²) >= 11 is 5.81. The maximum absolute atomic E-state index is 14.7. The Kier molecular flexibility index (Phi) is 6.05. The molecule has 2 aromatic carbocycles. The second kappa shape index (κ2) is 8.67. The van der Waals surface area contributed by atoms with Crippen molar-refractivity contribution in [1.82, 2.24) is 10.2 Å². The first-order valence-corrected chi connectivity index (χ1v) is 10.9. The molecular weight excluding hydrogens is 454 g/mol. The fourth-order valence-electron chi connectivity index (χ4n) is 4.34. The number of carbonyl (C=O) groups is 4. The van der Waals surface area contributed by atoms with Crippen LogP contribution in [0.4, 0.5) is 8.78 Å². The van der Waals surface area contributed by atoms with Crippen molar-refractivity contribution in [2.45, 2.75) is 51.2 Å². The van der Waals surface area contributed by atoms with Crippen molar-refractivity contribution in [1.29, 1.82) is 0 Å². The Balaban J connectivity index is 1.44. The summed E-state index contributed by atoms with van der Waals surface area (Å²) in [6, 6.07) is 7.99. The van der Waals surface area contributed by atoms with Crippen LogP contribution in [0, 0.1) is 6.92 Å². The molecule has 0 spiro atoms. The van der Waals surface area contributed by atoms with E-state index < -0.39 is 23.4 Å². The number of nitrogens with one attached hydrogen (secondary N) is 1. The highest BCUT2D eigenvalue weighted by Gasteiger charge is 2.42. The normalized spacial score (nSPS) is 18.5. The number of fused-ring (bicyclic) bond motifs is 1. The number of carbonyl (C=O) groups excluding carboxylic acids is 4. The predicted molar refractivity (Wildman–Crippen MR) is 116 cm³/mol. The molecule has 2 amide bonds. The van der Waals surface area contributed by atoms with Gasteiger partial charge in [0.15, 0.2) is 5.78 Å². The SMILES string of the molecule is Cc1cc(Cl)ccc1C(F)(F)C(=O)NCc1ccc2c(c1)CN(C1CCC(=O)CC1=O)C2=O. The van der Waals surface area contributed by atoms with Crippen LogP contribution >= 0.6 is 11.6 Å². The topological polar surface area (TPSA) is 83.6 Å². The van der Waals surface area contributed by atoms with Crippen LogP contribution in [-0.4, -0.2) is 34.3 Å². The Morgan fingerprint density at radius 3 is 2.64 bits per heavy atom. The molecule has 0 aromatic heterocycles. The van der Waals surface area contributed by atoms with Crippen LogP contribution in [0.2, 0.25) is 5.02 Å². The molecule has 2 aliphatic rings. The van der Waals surface area contributed by atoms with Gasteiger partial charge in [-0.3, -0.25) is 19.2 Å². The summed E-state index contributed by atoms with van der Waals surface area (Å²) < 4.78 is 29.3. The predicted octanol–water partition coefficient (Wildman–Crippen LogP) is 3.70. The molecule has 9 heteroatoms. The van der Waals surface area contributed by atoms with E-state index in [1.54, 1.807) is 18.2 Å². The lowest BCUT2D eigenvalue weighted by atomic mass is 9.92. The molecule has 1 fully saturated rings. The van der Waals surface area contributed by atoms with Crippen LogP contribution in [-0.2, 0) is 33.4 Å². The minimum atomic E-state index is -3.74. The van der Waals surface area contributed by atoms with Gasteiger partial charge in [0.25, 0.3) is 11.8 Å². The lowest BCUT2D eigenvalue weighted by molar-refractivity contribution is -0.147. The Morgan fingerprint density at radius 1 is 1.18 bits per heavy atom. The highest BCUT2D eigenvalue weighted by molar-refractivity contribution is 6.30. The quantitative estimate of drug-likeness (QED) is 0.670. The summed E-state index contributed by atoms with van der Waals surface area (Å²) in [6.07, 6.45) is 0.401. The highest BCUT2D eigenvalue weighted by atomic mass is 35.5. The van der Waals surface area contributed by atoms with Gasteiger partial charge in [-0.05, 0) is 48.2 Å². The minimum absolute atomic E-state index is 0.121. The van der Waals surface area contributed by atoms with E-state index in [1.165, 1.54) is 24.0 Å². The number of aryl methyl sites for hydroxylation is 1. The van der Waals surface area contributed by atoms with E-state index >= 15 is 0 Å². The molecule has 2 aromatic rings. The molecule has 1 atom stereocenters. The zero-order valence-corrected chi connectivity index (χ0v) is 18.5. The number of amides is 2. The number of nitrogens with zero attached hydrogens (tertiary/aromatic N) is 1. The molecule has 1 unspecified atom stereocenters. The van der Waals surface area contributed by atoms with Crippen molar-refractivity contribution in [3.05, 3.63) is 69.2 Å². The maximum Gasteiger partial charge on any atom is 0.350 e. The lowest BCUT2D eigenvalue weighted by Gasteiger charge is -2.29. The molecular formula is C24H21ClF2N2O4. The third kappa shape index (κ3) is 4.39. The summed E-state index contributed by atoms with van der Waals surface area (Å²) in [5.41, 5.74) is 1.41. The van der Waals surface area contributed by atoms with Crippen molar-refractivity contribution in [2.24, 2.45) is 0 Å². The van der Waals surface area contributed by atoms with Gasteiger partial charge in [0.1, 0.15) is 5.78 Å². The number of hydrogen-bond donors (Lipinski definition) is 1. The van der Waals surface area contributed by atoms with Crippen LogP contribution in [0.15, 0.2) is 36.4 Å². The first-order valence-electron chi connectivity index (χ1n) is 10.5. The van der Waals surface area contributed by atoms with Crippen LogP contribution in [0.3, 0.4) is 0 Å². The number of alkyl halides is 2. The van der Waals surface area contributed by atoms with Crippen LogP contribution in [0.5, 0.6) is 0 Å². The zero-order valence-electron chi connectivity index (χ0n) is 17.8. The van der Waals surface area contributed by atoms with Crippen molar-refractivity contribution >= 4 is 35.0 Å². The van der Waals surface area contributed by atoms with E-state index in [2.05, 4.69) is 5.32 Å². The van der Waals surface area contributed by atoms with E-state index in [0.29, 0.717) is 28.1 Å². The van der Waals surface area contributed by atoms with Gasteiger partial charge in [-0.2, -0.15) is 8.78 Å². The summed E-state index contributed by atoms with van der Waals surface area (Å²) in [7, 11) is 0.